The molecule has 60 valence electrons. The van der Waals surface area contributed by atoms with Gasteiger partial charge in [-0.1, -0.05) is 6.92 Å². The van der Waals surface area contributed by atoms with Gasteiger partial charge in [0.05, 0.1) is 12.0 Å². The highest BCUT2D eigenvalue weighted by Gasteiger charge is 2.17. The summed E-state index contributed by atoms with van der Waals surface area (Å²) in [5, 5.41) is 0. The lowest BCUT2D eigenvalue weighted by Crippen LogP contribution is -2.19. The Kier molecular flexibility index (Phi) is 3.57. The Morgan fingerprint density at radius 3 is 2.40 bits per heavy atom. The molecule has 0 bridgehead atoms. The molecule has 0 aromatic rings. The second kappa shape index (κ2) is 4.24. The van der Waals surface area contributed by atoms with Crippen molar-refractivity contribution in [2.24, 2.45) is 5.92 Å². The smallest absolute Gasteiger partial charge is 0.0896 e. The zero-order valence-electron chi connectivity index (χ0n) is 6.55. The van der Waals surface area contributed by atoms with Crippen LogP contribution in [0.1, 0.15) is 32.6 Å². The summed E-state index contributed by atoms with van der Waals surface area (Å²) in [4.78, 5) is 0. The average molecular weight is 160 g/mol. The lowest BCUT2D eigenvalue weighted by atomic mass is 9.89. The van der Waals surface area contributed by atoms with Crippen molar-refractivity contribution in [1.82, 2.24) is 0 Å². The van der Waals surface area contributed by atoms with Crippen LogP contribution in [0.25, 0.3) is 0 Å². The molecular formula is C8H16OS. The number of hydrogen-bond acceptors (Lipinski definition) is 2. The molecule has 10 heavy (non-hydrogen) atoms. The van der Waals surface area contributed by atoms with Crippen molar-refractivity contribution in [3.63, 3.8) is 0 Å². The molecule has 0 radical (unpaired) electrons. The predicted octanol–water partition coefficient (Wildman–Crippen LogP) is 2.47. The third kappa shape index (κ3) is 2.51. The highest BCUT2D eigenvalue weighted by Crippen LogP contribution is 2.25. The standard InChI is InChI=1S/C8H16OS/c1-7-2-4-8(5-3-7)9-6-10/h7-8,10H,2-6H2,1H3. The van der Waals surface area contributed by atoms with Gasteiger partial charge in [0.25, 0.3) is 0 Å². The fraction of sp³-hybridized carbons (Fsp3) is 1.00. The van der Waals surface area contributed by atoms with Gasteiger partial charge >= 0.3 is 0 Å². The molecule has 0 aromatic carbocycles. The van der Waals surface area contributed by atoms with E-state index in [0.29, 0.717) is 12.0 Å². The van der Waals surface area contributed by atoms with Crippen LogP contribution < -0.4 is 0 Å². The third-order valence-electron chi connectivity index (χ3n) is 2.27. The van der Waals surface area contributed by atoms with Crippen LogP contribution in [0.15, 0.2) is 0 Å². The molecule has 0 N–H and O–H groups in total. The second-order valence-corrected chi connectivity index (χ2v) is 3.44. The minimum absolute atomic E-state index is 0.508. The van der Waals surface area contributed by atoms with E-state index in [0.717, 1.165) is 5.92 Å². The Morgan fingerprint density at radius 1 is 1.30 bits per heavy atom. The van der Waals surface area contributed by atoms with Gasteiger partial charge in [-0.15, -0.1) is 0 Å². The van der Waals surface area contributed by atoms with Crippen molar-refractivity contribution < 1.29 is 4.74 Å². The van der Waals surface area contributed by atoms with Crippen LogP contribution in [0, 0.1) is 5.92 Å². The molecule has 0 saturated heterocycles. The molecule has 1 rings (SSSR count). The number of hydrogen-bond donors (Lipinski definition) is 1. The zero-order valence-corrected chi connectivity index (χ0v) is 7.44. The van der Waals surface area contributed by atoms with Gasteiger partial charge in [0.1, 0.15) is 0 Å². The first kappa shape index (κ1) is 8.41. The maximum absolute atomic E-state index is 5.40. The maximum Gasteiger partial charge on any atom is 0.0896 e. The summed E-state index contributed by atoms with van der Waals surface area (Å²) in [5.41, 5.74) is 0. The highest BCUT2D eigenvalue weighted by molar-refractivity contribution is 7.80. The monoisotopic (exact) mass is 160 g/mol. The molecule has 2 heteroatoms. The van der Waals surface area contributed by atoms with Crippen molar-refractivity contribution in [2.45, 2.75) is 38.7 Å². The van der Waals surface area contributed by atoms with Crippen molar-refractivity contribution in [3.8, 4) is 0 Å². The van der Waals surface area contributed by atoms with E-state index >= 15 is 0 Å². The lowest BCUT2D eigenvalue weighted by Gasteiger charge is -2.25. The van der Waals surface area contributed by atoms with Crippen LogP contribution in [0.5, 0.6) is 0 Å². The fourth-order valence-electron chi connectivity index (χ4n) is 1.50. The van der Waals surface area contributed by atoms with Gasteiger partial charge in [0, 0.05) is 0 Å². The van der Waals surface area contributed by atoms with E-state index in [2.05, 4.69) is 19.6 Å². The topological polar surface area (TPSA) is 9.23 Å². The van der Waals surface area contributed by atoms with Crippen molar-refractivity contribution in [3.05, 3.63) is 0 Å². The first-order chi connectivity index (χ1) is 4.83. The average Bonchev–Trinajstić information content (AvgIpc) is 1.95. The molecule has 1 fully saturated rings. The van der Waals surface area contributed by atoms with Crippen LogP contribution in [0.3, 0.4) is 0 Å². The Labute approximate surface area is 68.6 Å². The normalized spacial score (nSPS) is 34.2. The molecule has 0 spiro atoms. The molecule has 0 amide bonds. The molecule has 1 aliphatic carbocycles. The van der Waals surface area contributed by atoms with Crippen LogP contribution >= 0.6 is 12.6 Å². The van der Waals surface area contributed by atoms with Crippen LogP contribution in [0.2, 0.25) is 0 Å². The Bertz CT molecular complexity index is 87.3. The lowest BCUT2D eigenvalue weighted by molar-refractivity contribution is 0.0500. The van der Waals surface area contributed by atoms with Crippen molar-refractivity contribution in [1.29, 1.82) is 0 Å². The van der Waals surface area contributed by atoms with Crippen molar-refractivity contribution >= 4 is 12.6 Å². The molecule has 0 heterocycles. The van der Waals surface area contributed by atoms with Gasteiger partial charge in [-0.05, 0) is 31.6 Å². The van der Waals surface area contributed by atoms with Crippen LogP contribution in [-0.4, -0.2) is 12.0 Å². The SMILES string of the molecule is CC1CCC(OCS)CC1. The van der Waals surface area contributed by atoms with Gasteiger partial charge < -0.3 is 4.74 Å². The van der Waals surface area contributed by atoms with E-state index in [4.69, 9.17) is 4.74 Å². The summed E-state index contributed by atoms with van der Waals surface area (Å²) < 4.78 is 5.40. The molecule has 0 aliphatic heterocycles. The summed E-state index contributed by atoms with van der Waals surface area (Å²) in [6.45, 7) is 2.32. The summed E-state index contributed by atoms with van der Waals surface area (Å²) >= 11 is 4.03. The first-order valence-electron chi connectivity index (χ1n) is 4.05. The number of rotatable bonds is 2. The summed E-state index contributed by atoms with van der Waals surface area (Å²) in [6.07, 6.45) is 5.65. The Morgan fingerprint density at radius 2 is 1.90 bits per heavy atom. The largest absolute Gasteiger partial charge is 0.368 e. The summed E-state index contributed by atoms with van der Waals surface area (Å²) in [5.74, 6) is 1.50. The molecule has 1 saturated carbocycles. The van der Waals surface area contributed by atoms with E-state index in [1.54, 1.807) is 0 Å². The van der Waals surface area contributed by atoms with Gasteiger partial charge in [0.2, 0.25) is 0 Å². The van der Waals surface area contributed by atoms with Gasteiger partial charge in [0.15, 0.2) is 0 Å². The van der Waals surface area contributed by atoms with Gasteiger partial charge in [-0.3, -0.25) is 0 Å². The van der Waals surface area contributed by atoms with E-state index in [9.17, 15) is 0 Å². The van der Waals surface area contributed by atoms with Crippen LogP contribution in [0.4, 0.5) is 0 Å². The summed E-state index contributed by atoms with van der Waals surface area (Å²) in [6, 6.07) is 0. The fourth-order valence-corrected chi connectivity index (χ4v) is 1.71. The van der Waals surface area contributed by atoms with E-state index < -0.39 is 0 Å². The van der Waals surface area contributed by atoms with Crippen molar-refractivity contribution in [2.75, 3.05) is 5.94 Å². The quantitative estimate of drug-likeness (QED) is 0.482. The maximum atomic E-state index is 5.40. The predicted molar refractivity (Wildman–Crippen MR) is 46.4 cm³/mol. The summed E-state index contributed by atoms with van der Waals surface area (Å²) in [7, 11) is 0. The first-order valence-corrected chi connectivity index (χ1v) is 4.68. The molecule has 0 unspecified atom stereocenters. The zero-order chi connectivity index (χ0) is 7.40. The molecule has 0 aromatic heterocycles. The van der Waals surface area contributed by atoms with E-state index in [1.165, 1.54) is 25.7 Å². The number of thiol groups is 1. The third-order valence-corrected chi connectivity index (χ3v) is 2.42. The van der Waals surface area contributed by atoms with Gasteiger partial charge in [-0.25, -0.2) is 0 Å². The number of ether oxygens (including phenoxy) is 1. The van der Waals surface area contributed by atoms with Gasteiger partial charge in [-0.2, -0.15) is 12.6 Å². The van der Waals surface area contributed by atoms with E-state index in [1.807, 2.05) is 0 Å². The minimum Gasteiger partial charge on any atom is -0.368 e. The highest BCUT2D eigenvalue weighted by atomic mass is 32.1. The molecule has 1 nitrogen and oxygen atoms in total. The molecule has 0 atom stereocenters. The molecular weight excluding hydrogens is 144 g/mol. The minimum atomic E-state index is 0.508. The second-order valence-electron chi connectivity index (χ2n) is 3.18. The molecule has 1 aliphatic rings. The van der Waals surface area contributed by atoms with E-state index in [-0.39, 0.29) is 0 Å². The Balaban J connectivity index is 2.13. The Hall–Kier alpha value is 0.310. The van der Waals surface area contributed by atoms with Crippen LogP contribution in [-0.2, 0) is 4.74 Å².